The Morgan fingerprint density at radius 1 is 1.11 bits per heavy atom. The monoisotopic (exact) mass is 534 g/mol. The number of pyridine rings is 1. The van der Waals surface area contributed by atoms with E-state index in [2.05, 4.69) is 25.6 Å². The molecule has 0 radical (unpaired) electrons. The SMILES string of the molecule is C[C@H](Nc1nc(C(=O)N2CC(NC(=O)C34CC5CC(CC(C5)C3)C4)C2)c2sccc2n1)c1cncc(F)c1. The number of halogens is 1. The molecule has 3 aromatic rings. The number of nitrogens with one attached hydrogen (secondary N) is 2. The number of amides is 2. The number of fused-ring (bicyclic) bond motifs is 1. The highest BCUT2D eigenvalue weighted by Gasteiger charge is 2.55. The van der Waals surface area contributed by atoms with E-state index in [0.29, 0.717) is 35.8 Å². The third-order valence-corrected chi connectivity index (χ3v) is 10.0. The summed E-state index contributed by atoms with van der Waals surface area (Å²) in [7, 11) is 0. The second kappa shape index (κ2) is 8.97. The topological polar surface area (TPSA) is 100 Å². The summed E-state index contributed by atoms with van der Waals surface area (Å²) in [4.78, 5) is 41.7. The Balaban J connectivity index is 1.03. The van der Waals surface area contributed by atoms with E-state index in [1.807, 2.05) is 18.4 Å². The lowest BCUT2D eigenvalue weighted by Crippen LogP contribution is -2.64. The molecule has 4 heterocycles. The zero-order chi connectivity index (χ0) is 26.0. The van der Waals surface area contributed by atoms with Gasteiger partial charge in [-0.15, -0.1) is 11.3 Å². The third kappa shape index (κ3) is 4.13. The molecule has 5 aliphatic rings. The molecule has 2 N–H and O–H groups in total. The summed E-state index contributed by atoms with van der Waals surface area (Å²) in [5, 5.41) is 8.37. The Hall–Kier alpha value is -3.14. The van der Waals surface area contributed by atoms with Crippen molar-refractivity contribution in [2.24, 2.45) is 23.2 Å². The minimum absolute atomic E-state index is 0.0155. The fourth-order valence-corrected chi connectivity index (χ4v) is 8.44. The lowest BCUT2D eigenvalue weighted by atomic mass is 9.49. The first kappa shape index (κ1) is 23.9. The van der Waals surface area contributed by atoms with Crippen molar-refractivity contribution in [3.05, 3.63) is 47.0 Å². The maximum Gasteiger partial charge on any atom is 0.274 e. The molecule has 1 atom stereocenters. The standard InChI is InChI=1S/C28H31FN6O2S/c1-15(19-7-20(29)12-30-11-19)31-27-33-22-2-3-38-24(22)23(34-27)25(36)35-13-21(14-35)32-26(37)28-8-16-4-17(9-28)6-18(5-16)10-28/h2-3,7,11-12,15-18,21H,4-6,8-10,13-14H2,1H3,(H,32,37)(H,31,33,34)/t15-,16?,17?,18?,28?/m0/s1. The van der Waals surface area contributed by atoms with Crippen LogP contribution >= 0.6 is 11.3 Å². The van der Waals surface area contributed by atoms with Gasteiger partial charge in [0.25, 0.3) is 5.91 Å². The molecule has 198 valence electrons. The van der Waals surface area contributed by atoms with Crippen LogP contribution < -0.4 is 10.6 Å². The number of likely N-dealkylation sites (tertiary alicyclic amines) is 1. The van der Waals surface area contributed by atoms with Crippen LogP contribution in [0, 0.1) is 29.0 Å². The van der Waals surface area contributed by atoms with E-state index in [-0.39, 0.29) is 29.3 Å². The number of thiophene rings is 1. The minimum atomic E-state index is -0.413. The van der Waals surface area contributed by atoms with Crippen LogP contribution in [-0.2, 0) is 4.79 Å². The number of carbonyl (C=O) groups excluding carboxylic acids is 2. The van der Waals surface area contributed by atoms with Crippen LogP contribution in [0.5, 0.6) is 0 Å². The maximum absolute atomic E-state index is 13.6. The molecular weight excluding hydrogens is 503 g/mol. The summed E-state index contributed by atoms with van der Waals surface area (Å²) in [6.45, 7) is 2.84. The number of anilines is 1. The van der Waals surface area contributed by atoms with Crippen molar-refractivity contribution in [3.63, 3.8) is 0 Å². The fourth-order valence-electron chi connectivity index (χ4n) is 7.63. The number of hydrogen-bond acceptors (Lipinski definition) is 7. The molecule has 4 saturated carbocycles. The van der Waals surface area contributed by atoms with Gasteiger partial charge in [-0.1, -0.05) is 0 Å². The molecule has 5 fully saturated rings. The first-order valence-electron chi connectivity index (χ1n) is 13.6. The first-order chi connectivity index (χ1) is 18.3. The molecule has 1 saturated heterocycles. The Morgan fingerprint density at radius 2 is 1.82 bits per heavy atom. The molecule has 0 spiro atoms. The summed E-state index contributed by atoms with van der Waals surface area (Å²) in [5.41, 5.74) is 1.52. The second-order valence-corrected chi connectivity index (χ2v) is 12.8. The molecule has 3 aromatic heterocycles. The van der Waals surface area contributed by atoms with Crippen molar-refractivity contribution in [2.45, 2.75) is 57.5 Å². The highest BCUT2D eigenvalue weighted by atomic mass is 32.1. The summed E-state index contributed by atoms with van der Waals surface area (Å²) in [6, 6.07) is 2.96. The minimum Gasteiger partial charge on any atom is -0.349 e. The van der Waals surface area contributed by atoms with E-state index in [0.717, 1.165) is 47.9 Å². The van der Waals surface area contributed by atoms with Crippen LogP contribution in [0.25, 0.3) is 10.2 Å². The molecule has 10 heteroatoms. The summed E-state index contributed by atoms with van der Waals surface area (Å²) in [5.74, 6) is 2.11. The van der Waals surface area contributed by atoms with Gasteiger partial charge in [-0.25, -0.2) is 14.4 Å². The highest BCUT2D eigenvalue weighted by molar-refractivity contribution is 7.17. The van der Waals surface area contributed by atoms with E-state index in [1.165, 1.54) is 36.7 Å². The average molecular weight is 535 g/mol. The quantitative estimate of drug-likeness (QED) is 0.481. The zero-order valence-corrected chi connectivity index (χ0v) is 22.1. The van der Waals surface area contributed by atoms with Crippen molar-refractivity contribution < 1.29 is 14.0 Å². The van der Waals surface area contributed by atoms with E-state index in [1.54, 1.807) is 11.1 Å². The highest BCUT2D eigenvalue weighted by Crippen LogP contribution is 2.60. The molecule has 1 aliphatic heterocycles. The van der Waals surface area contributed by atoms with E-state index < -0.39 is 5.82 Å². The summed E-state index contributed by atoms with van der Waals surface area (Å²) in [6.07, 6.45) is 9.79. The molecule has 4 bridgehead atoms. The predicted molar refractivity (Wildman–Crippen MR) is 142 cm³/mol. The molecular formula is C28H31FN6O2S. The smallest absolute Gasteiger partial charge is 0.274 e. The van der Waals surface area contributed by atoms with Crippen LogP contribution in [0.3, 0.4) is 0 Å². The van der Waals surface area contributed by atoms with E-state index in [9.17, 15) is 14.0 Å². The maximum atomic E-state index is 13.6. The Morgan fingerprint density at radius 3 is 2.50 bits per heavy atom. The van der Waals surface area contributed by atoms with Gasteiger partial charge in [-0.05, 0) is 86.3 Å². The van der Waals surface area contributed by atoms with Gasteiger partial charge in [-0.3, -0.25) is 14.6 Å². The van der Waals surface area contributed by atoms with Gasteiger partial charge in [0, 0.05) is 24.7 Å². The second-order valence-electron chi connectivity index (χ2n) is 11.9. The Labute approximate surface area is 224 Å². The number of rotatable bonds is 6. The van der Waals surface area contributed by atoms with Crippen molar-refractivity contribution in [1.29, 1.82) is 0 Å². The van der Waals surface area contributed by atoms with Gasteiger partial charge >= 0.3 is 0 Å². The van der Waals surface area contributed by atoms with E-state index >= 15 is 0 Å². The molecule has 8 nitrogen and oxygen atoms in total. The van der Waals surface area contributed by atoms with Gasteiger partial charge < -0.3 is 15.5 Å². The lowest BCUT2D eigenvalue weighted by Gasteiger charge is -2.56. The Bertz CT molecular complexity index is 1380. The summed E-state index contributed by atoms with van der Waals surface area (Å²) < 4.78 is 14.4. The van der Waals surface area contributed by atoms with Crippen molar-refractivity contribution in [3.8, 4) is 0 Å². The van der Waals surface area contributed by atoms with Crippen molar-refractivity contribution >= 4 is 39.3 Å². The van der Waals surface area contributed by atoms with Gasteiger partial charge in [-0.2, -0.15) is 0 Å². The number of hydrogen-bond donors (Lipinski definition) is 2. The number of nitrogens with zero attached hydrogens (tertiary/aromatic N) is 4. The summed E-state index contributed by atoms with van der Waals surface area (Å²) >= 11 is 1.43. The molecule has 0 aromatic carbocycles. The van der Waals surface area contributed by atoms with Gasteiger partial charge in [0.2, 0.25) is 11.9 Å². The lowest BCUT2D eigenvalue weighted by molar-refractivity contribution is -0.148. The number of carbonyl (C=O) groups is 2. The normalized spacial score (nSPS) is 28.8. The van der Waals surface area contributed by atoms with Crippen LogP contribution in [0.2, 0.25) is 0 Å². The molecule has 0 unspecified atom stereocenters. The largest absolute Gasteiger partial charge is 0.349 e. The van der Waals surface area contributed by atoms with Gasteiger partial charge in [0.1, 0.15) is 5.82 Å². The first-order valence-corrected chi connectivity index (χ1v) is 14.5. The van der Waals surface area contributed by atoms with Gasteiger partial charge in [0.15, 0.2) is 5.69 Å². The molecule has 2 amide bonds. The average Bonchev–Trinajstić information content (AvgIpc) is 3.33. The number of aromatic nitrogens is 3. The van der Waals surface area contributed by atoms with Crippen molar-refractivity contribution in [1.82, 2.24) is 25.2 Å². The molecule has 8 rings (SSSR count). The fraction of sp³-hybridized carbons (Fsp3) is 0.536. The molecule has 38 heavy (non-hydrogen) atoms. The van der Waals surface area contributed by atoms with Crippen LogP contribution in [0.4, 0.5) is 10.3 Å². The zero-order valence-electron chi connectivity index (χ0n) is 21.3. The van der Waals surface area contributed by atoms with Crippen LogP contribution in [0.15, 0.2) is 29.9 Å². The van der Waals surface area contributed by atoms with Crippen LogP contribution in [-0.4, -0.2) is 50.8 Å². The Kier molecular flexibility index (Phi) is 5.65. The molecule has 4 aliphatic carbocycles. The van der Waals surface area contributed by atoms with E-state index in [4.69, 9.17) is 0 Å². The predicted octanol–water partition coefficient (Wildman–Crippen LogP) is 4.56. The van der Waals surface area contributed by atoms with Crippen molar-refractivity contribution in [2.75, 3.05) is 18.4 Å². The van der Waals surface area contributed by atoms with Crippen LogP contribution in [0.1, 0.15) is 67.5 Å². The van der Waals surface area contributed by atoms with Gasteiger partial charge in [0.05, 0.1) is 28.5 Å². The third-order valence-electron chi connectivity index (χ3n) is 9.10.